The molecular weight excluding hydrogens is 1470 g/mol. The molecule has 6 aromatic carbocycles. The van der Waals surface area contributed by atoms with Gasteiger partial charge in [-0.3, -0.25) is 28.8 Å². The summed E-state index contributed by atoms with van der Waals surface area (Å²) >= 11 is 8.72. The van der Waals surface area contributed by atoms with Crippen LogP contribution in [0.5, 0.6) is 0 Å². The van der Waals surface area contributed by atoms with E-state index < -0.39 is 0 Å². The van der Waals surface area contributed by atoms with Crippen molar-refractivity contribution in [3.63, 3.8) is 0 Å². The summed E-state index contributed by atoms with van der Waals surface area (Å²) in [5, 5.41) is 8.80. The minimum atomic E-state index is -0.382. The van der Waals surface area contributed by atoms with Crippen molar-refractivity contribution >= 4 is 127 Å². The minimum Gasteiger partial charge on any atom is -0.399 e. The number of piperazine rings is 2. The first kappa shape index (κ1) is 76.3. The first-order chi connectivity index (χ1) is 51.9. The van der Waals surface area contributed by atoms with Crippen LogP contribution in [0.15, 0.2) is 186 Å². The number of aldehydes is 1. The number of likely N-dealkylation sites (N-methyl/N-ethyl adjacent to an activating group) is 2. The molecule has 22 heteroatoms. The molecule has 0 spiro atoms. The van der Waals surface area contributed by atoms with Crippen LogP contribution in [0.25, 0.3) is 63.9 Å². The van der Waals surface area contributed by atoms with E-state index >= 15 is 0 Å². The number of aromatic amines is 2. The van der Waals surface area contributed by atoms with Crippen LogP contribution in [0.1, 0.15) is 104 Å². The van der Waals surface area contributed by atoms with Gasteiger partial charge in [-0.25, -0.2) is 0 Å². The van der Waals surface area contributed by atoms with E-state index in [-0.39, 0.29) is 47.9 Å². The SMILES string of the molecule is Brc1ccc(-c2ccccc2)s1.CC1(C)OB(c2ccc3c(c2)NC(=O)C3)OC1(C)C.Cc1[nH]c(/C=C2\C(=O)Nc3cc(-c4ccc(-c5ccccc5)s4)ccc32)c(C)c1C(=O)N1CCN(C)CC1.Cc1[nH]c(C=O)c(C)c1C(=O)N1CCN(C)CC1.O=C1Cc2ccc(-c3ccc(-c4ccccc4)s3)cc2N1. The number of benzene rings is 6. The molecule has 5 N–H and O–H groups in total. The molecule has 552 valence electrons. The van der Waals surface area contributed by atoms with Gasteiger partial charge in [0.25, 0.3) is 17.7 Å². The average molecular weight is 1560 g/mol. The van der Waals surface area contributed by atoms with Crippen LogP contribution in [0, 0.1) is 27.7 Å². The predicted octanol–water partition coefficient (Wildman–Crippen LogP) is 17.0. The molecule has 6 aliphatic heterocycles. The number of amides is 5. The summed E-state index contributed by atoms with van der Waals surface area (Å²) in [7, 11) is 3.75. The molecule has 17 nitrogen and oxygen atoms in total. The minimum absolute atomic E-state index is 0.0300. The van der Waals surface area contributed by atoms with Crippen molar-refractivity contribution < 1.29 is 38.1 Å². The highest BCUT2D eigenvalue weighted by Gasteiger charge is 2.52. The molecule has 3 saturated heterocycles. The summed E-state index contributed by atoms with van der Waals surface area (Å²) in [6, 6.07) is 62.1. The van der Waals surface area contributed by atoms with E-state index in [1.807, 2.05) is 138 Å². The molecule has 0 unspecified atom stereocenters. The van der Waals surface area contributed by atoms with Crippen LogP contribution < -0.4 is 21.4 Å². The Labute approximate surface area is 651 Å². The Kier molecular flexibility index (Phi) is 23.3. The van der Waals surface area contributed by atoms with Gasteiger partial charge >= 0.3 is 7.12 Å². The second kappa shape index (κ2) is 32.9. The molecule has 0 aliphatic carbocycles. The Balaban J connectivity index is 0.000000126. The Morgan fingerprint density at radius 3 is 1.33 bits per heavy atom. The predicted molar refractivity (Wildman–Crippen MR) is 444 cm³/mol. The van der Waals surface area contributed by atoms with Crippen LogP contribution in [0.4, 0.5) is 17.1 Å². The first-order valence-corrected chi connectivity index (χ1v) is 39.4. The van der Waals surface area contributed by atoms with Crippen LogP contribution in [-0.2, 0) is 36.5 Å². The molecule has 0 bridgehead atoms. The summed E-state index contributed by atoms with van der Waals surface area (Å²) < 4.78 is 13.2. The van der Waals surface area contributed by atoms with E-state index in [9.17, 15) is 28.8 Å². The van der Waals surface area contributed by atoms with Gasteiger partial charge < -0.3 is 54.8 Å². The number of rotatable bonds is 10. The number of hydrogen-bond donors (Lipinski definition) is 5. The fourth-order valence-electron chi connectivity index (χ4n) is 13.7. The van der Waals surface area contributed by atoms with Gasteiger partial charge in [-0.15, -0.1) is 34.0 Å². The van der Waals surface area contributed by atoms with Gasteiger partial charge in [0.2, 0.25) is 11.8 Å². The smallest absolute Gasteiger partial charge is 0.399 e. The second-order valence-corrected chi connectivity index (χ2v) is 33.4. The zero-order chi connectivity index (χ0) is 76.1. The van der Waals surface area contributed by atoms with Gasteiger partial charge in [0.1, 0.15) is 0 Å². The Morgan fingerprint density at radius 1 is 0.472 bits per heavy atom. The van der Waals surface area contributed by atoms with Gasteiger partial charge in [-0.1, -0.05) is 127 Å². The van der Waals surface area contributed by atoms with E-state index in [4.69, 9.17) is 9.31 Å². The van der Waals surface area contributed by atoms with E-state index in [1.165, 1.54) is 40.0 Å². The summed E-state index contributed by atoms with van der Waals surface area (Å²) in [6.07, 6.45) is 3.60. The van der Waals surface area contributed by atoms with E-state index in [2.05, 4.69) is 181 Å². The number of anilines is 3. The van der Waals surface area contributed by atoms with Crippen molar-refractivity contribution in [3.05, 3.63) is 247 Å². The molecule has 11 aromatic rings. The molecule has 17 rings (SSSR count). The first-order valence-electron chi connectivity index (χ1n) is 36.2. The number of hydrogen-bond acceptors (Lipinski definition) is 13. The highest BCUT2D eigenvalue weighted by atomic mass is 79.9. The zero-order valence-corrected chi connectivity index (χ0v) is 66.3. The van der Waals surface area contributed by atoms with E-state index in [1.54, 1.807) is 34.0 Å². The van der Waals surface area contributed by atoms with E-state index in [0.29, 0.717) is 35.2 Å². The summed E-state index contributed by atoms with van der Waals surface area (Å²) in [6.45, 7) is 22.2. The van der Waals surface area contributed by atoms with Crippen molar-refractivity contribution in [3.8, 4) is 52.2 Å². The van der Waals surface area contributed by atoms with Crippen molar-refractivity contribution in [2.24, 2.45) is 0 Å². The van der Waals surface area contributed by atoms with Crippen molar-refractivity contribution in [2.75, 3.05) is 82.4 Å². The fourth-order valence-corrected chi connectivity index (χ4v) is 17.1. The Bertz CT molecular complexity index is 5180. The van der Waals surface area contributed by atoms with Gasteiger partial charge in [0.05, 0.1) is 50.2 Å². The number of aromatic nitrogens is 2. The molecular formula is C86H87BBrN9O8S3. The maximum Gasteiger partial charge on any atom is 0.494 e. The number of carbonyl (C=O) groups is 6. The third kappa shape index (κ3) is 17.2. The largest absolute Gasteiger partial charge is 0.494 e. The summed E-state index contributed by atoms with van der Waals surface area (Å²) in [4.78, 5) is 93.2. The lowest BCUT2D eigenvalue weighted by Crippen LogP contribution is -2.47. The quantitative estimate of drug-likeness (QED) is 0.0498. The highest BCUT2D eigenvalue weighted by molar-refractivity contribution is 9.11. The van der Waals surface area contributed by atoms with Gasteiger partial charge in [-0.05, 0) is 202 Å². The molecule has 3 fully saturated rings. The molecule has 0 saturated carbocycles. The Morgan fingerprint density at radius 2 is 0.880 bits per heavy atom. The third-order valence-corrected chi connectivity index (χ3v) is 24.8. The van der Waals surface area contributed by atoms with Crippen molar-refractivity contribution in [1.82, 2.24) is 29.6 Å². The van der Waals surface area contributed by atoms with Gasteiger partial charge in [0, 0.05) is 116 Å². The second-order valence-electron chi connectivity index (χ2n) is 28.8. The lowest BCUT2D eigenvalue weighted by Gasteiger charge is -2.32. The number of fused-ring (bicyclic) bond motifs is 3. The standard InChI is InChI=1S/C31H30N4O2S.C18H13NOS.C14H18BNO3.C13H19N3O2.C10H7BrS/c1-19-25(32-20(2)29(19)31(37)35-15-13-34(3)14-16-35)18-24-23-10-9-22(17-26(23)33-30(24)36)28-12-11-27(38-28)21-7-5-4-6-8-21;20-18-11-13-6-7-14(10-15(13)19-18)17-9-8-16(21-17)12-4-2-1-3-5-12;1-13(2)14(3,4)19-15(18-13)10-6-5-9-7-12(17)16-11(9)8-10;1-9-11(8-17)14-10(2)12(9)13(18)16-6-4-15(3)5-7-16;11-10-7-6-9(12-10)8-4-2-1-3-5-8/h4-12,17-18,32H,13-16H2,1-3H3,(H,33,36);1-10H,11H2,(H,19,20);5-6,8H,7H2,1-4H3,(H,16,17);8,14H,4-7H2,1-3H3;1-7H/b24-18-;;;;. The van der Waals surface area contributed by atoms with Crippen molar-refractivity contribution in [1.29, 1.82) is 0 Å². The number of aryl methyl sites for hydroxylation is 2. The normalized spacial score (nSPS) is 16.5. The molecule has 6 aliphatic rings. The van der Waals surface area contributed by atoms with Gasteiger partial charge in [0.15, 0.2) is 6.29 Å². The lowest BCUT2D eigenvalue weighted by molar-refractivity contribution is -0.115. The van der Waals surface area contributed by atoms with Crippen LogP contribution in [-0.4, -0.2) is 150 Å². The third-order valence-electron chi connectivity index (χ3n) is 20.7. The number of nitrogens with one attached hydrogen (secondary N) is 5. The number of nitrogens with zero attached hydrogens (tertiary/aromatic N) is 4. The van der Waals surface area contributed by atoms with Crippen molar-refractivity contribution in [2.45, 2.75) is 79.4 Å². The number of carbonyl (C=O) groups excluding carboxylic acids is 6. The molecule has 5 aromatic heterocycles. The average Bonchev–Trinajstić information content (AvgIpc) is 1.61. The maximum absolute atomic E-state index is 13.3. The molecule has 5 amide bonds. The number of halogens is 1. The maximum atomic E-state index is 13.3. The topological polar surface area (TPSA) is 202 Å². The lowest BCUT2D eigenvalue weighted by atomic mass is 9.78. The zero-order valence-electron chi connectivity index (χ0n) is 62.3. The Hall–Kier alpha value is -9.88. The molecule has 108 heavy (non-hydrogen) atoms. The van der Waals surface area contributed by atoms with Crippen LogP contribution >= 0.6 is 49.9 Å². The molecule has 0 radical (unpaired) electrons. The van der Waals surface area contributed by atoms with Crippen LogP contribution in [0.2, 0.25) is 0 Å². The van der Waals surface area contributed by atoms with Crippen LogP contribution in [0.3, 0.4) is 0 Å². The summed E-state index contributed by atoms with van der Waals surface area (Å²) in [5.41, 5.74) is 18.3. The van der Waals surface area contributed by atoms with Gasteiger partial charge in [-0.2, -0.15) is 0 Å². The molecule has 0 atom stereocenters. The summed E-state index contributed by atoms with van der Waals surface area (Å²) in [5.74, 6) is 0.0782. The molecule has 11 heterocycles. The fraction of sp³-hybridized carbons (Fsp3) is 0.256. The number of thiophene rings is 3. The number of H-pyrrole nitrogens is 2. The highest BCUT2D eigenvalue weighted by Crippen LogP contribution is 2.42. The van der Waals surface area contributed by atoms with E-state index in [0.717, 1.165) is 142 Å². The monoisotopic (exact) mass is 1560 g/mol.